The van der Waals surface area contributed by atoms with E-state index in [2.05, 4.69) is 31.2 Å². The van der Waals surface area contributed by atoms with Crippen molar-refractivity contribution in [3.63, 3.8) is 0 Å². The van der Waals surface area contributed by atoms with Crippen LogP contribution in [0, 0.1) is 6.92 Å². The highest BCUT2D eigenvalue weighted by Crippen LogP contribution is 2.18. The summed E-state index contributed by atoms with van der Waals surface area (Å²) in [7, 11) is 0. The van der Waals surface area contributed by atoms with E-state index in [1.54, 1.807) is 11.3 Å². The molecule has 0 N–H and O–H groups in total. The van der Waals surface area contributed by atoms with Gasteiger partial charge in [-0.25, -0.2) is 9.97 Å². The summed E-state index contributed by atoms with van der Waals surface area (Å²) < 4.78 is 4.27. The molecule has 4 nitrogen and oxygen atoms in total. The van der Waals surface area contributed by atoms with Crippen molar-refractivity contribution in [2.24, 2.45) is 0 Å². The van der Waals surface area contributed by atoms with Crippen LogP contribution in [0.2, 0.25) is 0 Å². The molecule has 3 heterocycles. The van der Waals surface area contributed by atoms with Gasteiger partial charge in [-0.2, -0.15) is 0 Å². The number of aryl methyl sites for hydroxylation is 1. The van der Waals surface area contributed by atoms with E-state index >= 15 is 0 Å². The molecule has 0 saturated carbocycles. The van der Waals surface area contributed by atoms with Crippen molar-refractivity contribution in [2.75, 3.05) is 0 Å². The van der Waals surface area contributed by atoms with Crippen molar-refractivity contribution in [1.29, 1.82) is 0 Å². The molecular formula is C14H12N4S. The van der Waals surface area contributed by atoms with Crippen molar-refractivity contribution in [3.8, 4) is 0 Å². The van der Waals surface area contributed by atoms with E-state index in [1.807, 2.05) is 36.7 Å². The highest BCUT2D eigenvalue weighted by atomic mass is 32.1. The summed E-state index contributed by atoms with van der Waals surface area (Å²) in [5.74, 6) is 1.03. The van der Waals surface area contributed by atoms with E-state index < -0.39 is 0 Å². The molecule has 0 radical (unpaired) electrons. The van der Waals surface area contributed by atoms with Gasteiger partial charge in [0.05, 0.1) is 23.3 Å². The fourth-order valence-corrected chi connectivity index (χ4v) is 3.13. The molecule has 1 aromatic carbocycles. The quantitative estimate of drug-likeness (QED) is 0.560. The zero-order valence-corrected chi connectivity index (χ0v) is 11.3. The van der Waals surface area contributed by atoms with Gasteiger partial charge in [-0.1, -0.05) is 12.1 Å². The number of hydrogen-bond acceptors (Lipinski definition) is 3. The molecule has 0 saturated heterocycles. The predicted octanol–water partition coefficient (Wildman–Crippen LogP) is 3.10. The van der Waals surface area contributed by atoms with Crippen LogP contribution in [-0.2, 0) is 6.54 Å². The van der Waals surface area contributed by atoms with Gasteiger partial charge >= 0.3 is 0 Å². The van der Waals surface area contributed by atoms with Crippen molar-refractivity contribution in [1.82, 2.24) is 18.9 Å². The summed E-state index contributed by atoms with van der Waals surface area (Å²) in [6, 6.07) is 8.22. The zero-order valence-electron chi connectivity index (χ0n) is 10.4. The fraction of sp³-hybridized carbons (Fsp3) is 0.143. The van der Waals surface area contributed by atoms with E-state index in [0.717, 1.165) is 34.1 Å². The van der Waals surface area contributed by atoms with Gasteiger partial charge in [0.2, 0.25) is 0 Å². The molecular weight excluding hydrogens is 256 g/mol. The molecule has 0 unspecified atom stereocenters. The van der Waals surface area contributed by atoms with Crippen LogP contribution < -0.4 is 0 Å². The Kier molecular flexibility index (Phi) is 2.22. The standard InChI is InChI=1S/C14H12N4S/c1-10-15-12-4-2-3-5-13(12)18(10)9-11-8-17-6-7-19-14(17)16-11/h2-8H,9H2,1H3. The van der Waals surface area contributed by atoms with Gasteiger partial charge in [0.1, 0.15) is 5.82 Å². The normalized spacial score (nSPS) is 11.6. The molecule has 94 valence electrons. The molecule has 3 aromatic heterocycles. The van der Waals surface area contributed by atoms with Crippen molar-refractivity contribution in [3.05, 3.63) is 53.6 Å². The monoisotopic (exact) mass is 268 g/mol. The highest BCUT2D eigenvalue weighted by molar-refractivity contribution is 7.15. The van der Waals surface area contributed by atoms with Crippen LogP contribution >= 0.6 is 11.3 Å². The maximum atomic E-state index is 4.63. The minimum Gasteiger partial charge on any atom is -0.322 e. The smallest absolute Gasteiger partial charge is 0.193 e. The second-order valence-electron chi connectivity index (χ2n) is 4.56. The first-order valence-corrected chi connectivity index (χ1v) is 7.02. The third-order valence-corrected chi connectivity index (χ3v) is 4.08. The summed E-state index contributed by atoms with van der Waals surface area (Å²) in [6.45, 7) is 2.80. The van der Waals surface area contributed by atoms with E-state index in [1.165, 1.54) is 0 Å². The summed E-state index contributed by atoms with van der Waals surface area (Å²) >= 11 is 1.66. The molecule has 0 fully saturated rings. The van der Waals surface area contributed by atoms with Crippen molar-refractivity contribution in [2.45, 2.75) is 13.5 Å². The number of hydrogen-bond donors (Lipinski definition) is 0. The van der Waals surface area contributed by atoms with Gasteiger partial charge in [0, 0.05) is 17.8 Å². The molecule has 0 bridgehead atoms. The molecule has 4 rings (SSSR count). The number of para-hydroxylation sites is 2. The maximum absolute atomic E-state index is 4.63. The lowest BCUT2D eigenvalue weighted by Crippen LogP contribution is -2.02. The zero-order chi connectivity index (χ0) is 12.8. The molecule has 19 heavy (non-hydrogen) atoms. The van der Waals surface area contributed by atoms with Crippen molar-refractivity contribution < 1.29 is 0 Å². The number of nitrogens with zero attached hydrogens (tertiary/aromatic N) is 4. The third kappa shape index (κ3) is 1.66. The van der Waals surface area contributed by atoms with Gasteiger partial charge in [-0.05, 0) is 19.1 Å². The van der Waals surface area contributed by atoms with Gasteiger partial charge in [-0.15, -0.1) is 11.3 Å². The minimum atomic E-state index is 0.765. The fourth-order valence-electron chi connectivity index (χ4n) is 2.41. The van der Waals surface area contributed by atoms with Crippen LogP contribution in [0.4, 0.5) is 0 Å². The summed E-state index contributed by atoms with van der Waals surface area (Å²) in [5.41, 5.74) is 3.27. The number of imidazole rings is 2. The molecule has 0 amide bonds. The molecule has 0 atom stereocenters. The van der Waals surface area contributed by atoms with Crippen LogP contribution in [0.5, 0.6) is 0 Å². The van der Waals surface area contributed by atoms with Crippen LogP contribution in [-0.4, -0.2) is 18.9 Å². The summed E-state index contributed by atoms with van der Waals surface area (Å²) in [5, 5.41) is 2.05. The first-order valence-electron chi connectivity index (χ1n) is 6.14. The Morgan fingerprint density at radius 3 is 3.00 bits per heavy atom. The van der Waals surface area contributed by atoms with Gasteiger partial charge in [0.15, 0.2) is 4.96 Å². The van der Waals surface area contributed by atoms with Crippen LogP contribution in [0.3, 0.4) is 0 Å². The molecule has 5 heteroatoms. The second kappa shape index (κ2) is 3.93. The van der Waals surface area contributed by atoms with E-state index in [-0.39, 0.29) is 0 Å². The van der Waals surface area contributed by atoms with Gasteiger partial charge in [0.25, 0.3) is 0 Å². The minimum absolute atomic E-state index is 0.765. The molecule has 0 aliphatic heterocycles. The Morgan fingerprint density at radius 2 is 2.11 bits per heavy atom. The Labute approximate surface area is 114 Å². The number of aromatic nitrogens is 4. The Hall–Kier alpha value is -2.14. The molecule has 0 aliphatic rings. The van der Waals surface area contributed by atoms with E-state index in [4.69, 9.17) is 0 Å². The Morgan fingerprint density at radius 1 is 1.21 bits per heavy atom. The third-order valence-electron chi connectivity index (χ3n) is 3.31. The first-order chi connectivity index (χ1) is 9.31. The van der Waals surface area contributed by atoms with E-state index in [0.29, 0.717) is 0 Å². The lowest BCUT2D eigenvalue weighted by molar-refractivity contribution is 0.770. The van der Waals surface area contributed by atoms with Gasteiger partial charge < -0.3 is 4.57 Å². The molecule has 0 aliphatic carbocycles. The average Bonchev–Trinajstić information content (AvgIpc) is 3.04. The summed E-state index contributed by atoms with van der Waals surface area (Å²) in [4.78, 5) is 10.2. The molecule has 0 spiro atoms. The van der Waals surface area contributed by atoms with E-state index in [9.17, 15) is 0 Å². The SMILES string of the molecule is Cc1nc2ccccc2n1Cc1cn2ccsc2n1. The van der Waals surface area contributed by atoms with Crippen LogP contribution in [0.1, 0.15) is 11.5 Å². The largest absolute Gasteiger partial charge is 0.322 e. The van der Waals surface area contributed by atoms with Crippen molar-refractivity contribution >= 4 is 27.3 Å². The Bertz CT molecular complexity index is 839. The number of benzene rings is 1. The topological polar surface area (TPSA) is 35.1 Å². The van der Waals surface area contributed by atoms with Gasteiger partial charge in [-0.3, -0.25) is 4.40 Å². The van der Waals surface area contributed by atoms with Crippen LogP contribution in [0.25, 0.3) is 16.0 Å². The number of rotatable bonds is 2. The Balaban J connectivity index is 1.82. The number of fused-ring (bicyclic) bond motifs is 2. The van der Waals surface area contributed by atoms with Crippen LogP contribution in [0.15, 0.2) is 42.0 Å². The maximum Gasteiger partial charge on any atom is 0.193 e. The highest BCUT2D eigenvalue weighted by Gasteiger charge is 2.09. The molecule has 4 aromatic rings. The average molecular weight is 268 g/mol. The second-order valence-corrected chi connectivity index (χ2v) is 5.43. The summed E-state index contributed by atoms with van der Waals surface area (Å²) in [6.07, 6.45) is 4.12. The lowest BCUT2D eigenvalue weighted by atomic mass is 10.3. The lowest BCUT2D eigenvalue weighted by Gasteiger charge is -2.03. The first kappa shape index (κ1) is 10.8. The number of thiazole rings is 1. The predicted molar refractivity (Wildman–Crippen MR) is 76.6 cm³/mol.